The van der Waals surface area contributed by atoms with Gasteiger partial charge >= 0.3 is 0 Å². The van der Waals surface area contributed by atoms with E-state index in [0.717, 1.165) is 35.4 Å². The minimum absolute atomic E-state index is 0.00748. The zero-order valence-electron chi connectivity index (χ0n) is 17.5. The van der Waals surface area contributed by atoms with Crippen LogP contribution in [0.3, 0.4) is 0 Å². The SMILES string of the molecule is Cc1nc2ccc(C(=O)N3CCC[C@@H]3c3ccc(C(=O)N4CCOCC4)cn3)cc2[nH]1. The van der Waals surface area contributed by atoms with Crippen molar-refractivity contribution < 1.29 is 14.3 Å². The number of nitrogens with zero attached hydrogens (tertiary/aromatic N) is 4. The van der Waals surface area contributed by atoms with Crippen LogP contribution in [-0.2, 0) is 4.74 Å². The number of carbonyl (C=O) groups excluding carboxylic acids is 2. The first-order valence-corrected chi connectivity index (χ1v) is 10.7. The van der Waals surface area contributed by atoms with Crippen LogP contribution >= 0.6 is 0 Å². The van der Waals surface area contributed by atoms with Crippen LogP contribution in [0.1, 0.15) is 51.1 Å². The molecule has 1 atom stereocenters. The first-order chi connectivity index (χ1) is 15.1. The number of aromatic amines is 1. The number of aromatic nitrogens is 3. The number of pyridine rings is 1. The minimum atomic E-state index is -0.0840. The second-order valence-electron chi connectivity index (χ2n) is 8.09. The monoisotopic (exact) mass is 419 g/mol. The second-order valence-corrected chi connectivity index (χ2v) is 8.09. The standard InChI is InChI=1S/C23H25N5O3/c1-15-25-18-6-4-16(13-20(18)26-15)23(30)28-8-2-3-21(28)19-7-5-17(14-24-19)22(29)27-9-11-31-12-10-27/h4-7,13-14,21H,2-3,8-12H2,1H3,(H,25,26)/t21-/m1/s1. The quantitative estimate of drug-likeness (QED) is 0.705. The van der Waals surface area contributed by atoms with E-state index >= 15 is 0 Å². The molecule has 0 saturated carbocycles. The van der Waals surface area contributed by atoms with Crippen LogP contribution in [0.25, 0.3) is 11.0 Å². The third-order valence-corrected chi connectivity index (χ3v) is 6.03. The van der Waals surface area contributed by atoms with Gasteiger partial charge in [-0.1, -0.05) is 0 Å². The Morgan fingerprint density at radius 2 is 1.87 bits per heavy atom. The number of imidazole rings is 1. The van der Waals surface area contributed by atoms with Crippen molar-refractivity contribution in [2.45, 2.75) is 25.8 Å². The van der Waals surface area contributed by atoms with Gasteiger partial charge in [-0.05, 0) is 50.1 Å². The van der Waals surface area contributed by atoms with Gasteiger partial charge in [-0.25, -0.2) is 4.98 Å². The number of ether oxygens (including phenoxy) is 1. The summed E-state index contributed by atoms with van der Waals surface area (Å²) in [5.74, 6) is 0.798. The van der Waals surface area contributed by atoms with Crippen LogP contribution in [0.4, 0.5) is 0 Å². The fraction of sp³-hybridized carbons (Fsp3) is 0.391. The van der Waals surface area contributed by atoms with Crippen LogP contribution in [0.5, 0.6) is 0 Å². The molecule has 1 aromatic carbocycles. The van der Waals surface area contributed by atoms with Crippen molar-refractivity contribution in [2.75, 3.05) is 32.8 Å². The number of H-pyrrole nitrogens is 1. The molecule has 31 heavy (non-hydrogen) atoms. The highest BCUT2D eigenvalue weighted by Gasteiger charge is 2.32. The number of carbonyl (C=O) groups is 2. The summed E-state index contributed by atoms with van der Waals surface area (Å²) in [4.78, 5) is 41.7. The summed E-state index contributed by atoms with van der Waals surface area (Å²) >= 11 is 0. The van der Waals surface area contributed by atoms with Gasteiger partial charge < -0.3 is 19.5 Å². The van der Waals surface area contributed by atoms with E-state index in [1.54, 1.807) is 11.1 Å². The lowest BCUT2D eigenvalue weighted by atomic mass is 10.1. The summed E-state index contributed by atoms with van der Waals surface area (Å²) in [5.41, 5.74) is 3.75. The average Bonchev–Trinajstić information content (AvgIpc) is 3.44. The third kappa shape index (κ3) is 3.79. The number of hydrogen-bond acceptors (Lipinski definition) is 5. The molecule has 0 aliphatic carbocycles. The van der Waals surface area contributed by atoms with E-state index in [1.807, 2.05) is 42.2 Å². The number of likely N-dealkylation sites (tertiary alicyclic amines) is 1. The summed E-state index contributed by atoms with van der Waals surface area (Å²) < 4.78 is 5.32. The molecule has 4 heterocycles. The van der Waals surface area contributed by atoms with E-state index in [0.29, 0.717) is 44.0 Å². The summed E-state index contributed by atoms with van der Waals surface area (Å²) in [6.07, 6.45) is 3.42. The molecule has 2 saturated heterocycles. The number of benzene rings is 1. The van der Waals surface area contributed by atoms with Gasteiger partial charge in [-0.15, -0.1) is 0 Å². The number of aryl methyl sites for hydroxylation is 1. The van der Waals surface area contributed by atoms with Crippen LogP contribution in [-0.4, -0.2) is 69.4 Å². The summed E-state index contributed by atoms with van der Waals surface area (Å²) in [7, 11) is 0. The molecule has 5 rings (SSSR count). The second kappa shape index (κ2) is 8.11. The van der Waals surface area contributed by atoms with Crippen molar-refractivity contribution in [1.82, 2.24) is 24.8 Å². The third-order valence-electron chi connectivity index (χ3n) is 6.03. The van der Waals surface area contributed by atoms with Gasteiger partial charge in [0.1, 0.15) is 5.82 Å². The summed E-state index contributed by atoms with van der Waals surface area (Å²) in [6, 6.07) is 9.19. The normalized spacial score (nSPS) is 19.2. The molecule has 8 nitrogen and oxygen atoms in total. The highest BCUT2D eigenvalue weighted by atomic mass is 16.5. The van der Waals surface area contributed by atoms with Gasteiger partial charge in [0.2, 0.25) is 0 Å². The van der Waals surface area contributed by atoms with Gasteiger partial charge in [0.15, 0.2) is 0 Å². The number of morpholine rings is 1. The van der Waals surface area contributed by atoms with Crippen LogP contribution < -0.4 is 0 Å². The molecule has 0 spiro atoms. The molecule has 1 N–H and O–H groups in total. The first kappa shape index (κ1) is 19.7. The number of amides is 2. The maximum Gasteiger partial charge on any atom is 0.255 e. The van der Waals surface area contributed by atoms with Gasteiger partial charge in [0.05, 0.1) is 41.5 Å². The Morgan fingerprint density at radius 1 is 1.06 bits per heavy atom. The maximum atomic E-state index is 13.3. The van der Waals surface area contributed by atoms with Crippen molar-refractivity contribution in [3.8, 4) is 0 Å². The van der Waals surface area contributed by atoms with Crippen LogP contribution in [0.2, 0.25) is 0 Å². The zero-order valence-corrected chi connectivity index (χ0v) is 17.5. The van der Waals surface area contributed by atoms with Gasteiger partial charge in [0, 0.05) is 31.4 Å². The summed E-state index contributed by atoms with van der Waals surface area (Å²) in [6.45, 7) is 4.94. The number of fused-ring (bicyclic) bond motifs is 1. The molecule has 2 fully saturated rings. The van der Waals surface area contributed by atoms with E-state index in [1.165, 1.54) is 0 Å². The van der Waals surface area contributed by atoms with Gasteiger partial charge in [0.25, 0.3) is 11.8 Å². The van der Waals surface area contributed by atoms with E-state index in [4.69, 9.17) is 4.74 Å². The molecule has 2 aromatic heterocycles. The lowest BCUT2D eigenvalue weighted by molar-refractivity contribution is 0.0302. The molecule has 0 unspecified atom stereocenters. The minimum Gasteiger partial charge on any atom is -0.378 e. The smallest absolute Gasteiger partial charge is 0.255 e. The maximum absolute atomic E-state index is 13.3. The average molecular weight is 419 g/mol. The number of hydrogen-bond donors (Lipinski definition) is 1. The Balaban J connectivity index is 1.34. The Bertz CT molecular complexity index is 1120. The molecule has 3 aromatic rings. The topological polar surface area (TPSA) is 91.4 Å². The van der Waals surface area contributed by atoms with Crippen molar-refractivity contribution in [3.05, 3.63) is 59.2 Å². The number of rotatable bonds is 3. The van der Waals surface area contributed by atoms with Gasteiger partial charge in [-0.3, -0.25) is 14.6 Å². The molecule has 2 aliphatic rings. The Morgan fingerprint density at radius 3 is 2.65 bits per heavy atom. The zero-order chi connectivity index (χ0) is 21.4. The molecule has 8 heteroatoms. The molecular weight excluding hydrogens is 394 g/mol. The lowest BCUT2D eigenvalue weighted by Crippen LogP contribution is -2.40. The van der Waals surface area contributed by atoms with Crippen molar-refractivity contribution in [1.29, 1.82) is 0 Å². The van der Waals surface area contributed by atoms with E-state index in [-0.39, 0.29) is 17.9 Å². The van der Waals surface area contributed by atoms with Crippen LogP contribution in [0.15, 0.2) is 36.5 Å². The highest BCUT2D eigenvalue weighted by molar-refractivity contribution is 5.98. The van der Waals surface area contributed by atoms with Crippen LogP contribution in [0, 0.1) is 6.92 Å². The lowest BCUT2D eigenvalue weighted by Gasteiger charge is -2.27. The van der Waals surface area contributed by atoms with Crippen molar-refractivity contribution in [2.24, 2.45) is 0 Å². The van der Waals surface area contributed by atoms with E-state index in [2.05, 4.69) is 15.0 Å². The molecule has 160 valence electrons. The van der Waals surface area contributed by atoms with Crippen molar-refractivity contribution >= 4 is 22.8 Å². The molecule has 0 bridgehead atoms. The van der Waals surface area contributed by atoms with E-state index < -0.39 is 0 Å². The van der Waals surface area contributed by atoms with Crippen molar-refractivity contribution in [3.63, 3.8) is 0 Å². The largest absolute Gasteiger partial charge is 0.378 e. The Hall–Kier alpha value is -3.26. The Labute approximate surface area is 180 Å². The predicted molar refractivity (Wildman–Crippen MR) is 115 cm³/mol. The number of nitrogens with one attached hydrogen (secondary N) is 1. The fourth-order valence-electron chi connectivity index (χ4n) is 4.43. The predicted octanol–water partition coefficient (Wildman–Crippen LogP) is 2.72. The fourth-order valence-corrected chi connectivity index (χ4v) is 4.43. The van der Waals surface area contributed by atoms with Gasteiger partial charge in [-0.2, -0.15) is 0 Å². The molecule has 2 aliphatic heterocycles. The molecule has 0 radical (unpaired) electrons. The van der Waals surface area contributed by atoms with E-state index in [9.17, 15) is 9.59 Å². The Kier molecular flexibility index (Phi) is 5.15. The molecule has 2 amide bonds. The summed E-state index contributed by atoms with van der Waals surface area (Å²) in [5, 5.41) is 0. The molecular formula is C23H25N5O3. The first-order valence-electron chi connectivity index (χ1n) is 10.7. The highest BCUT2D eigenvalue weighted by Crippen LogP contribution is 2.32.